The van der Waals surface area contributed by atoms with Gasteiger partial charge in [0.2, 0.25) is 5.91 Å². The first-order valence-corrected chi connectivity index (χ1v) is 5.93. The minimum Gasteiger partial charge on any atom is -0.370 e. The molecule has 1 heterocycles. The Kier molecular flexibility index (Phi) is 3.25. The zero-order chi connectivity index (χ0) is 14.0. The van der Waals surface area contributed by atoms with E-state index in [2.05, 4.69) is 5.32 Å². The lowest BCUT2D eigenvalue weighted by Gasteiger charge is -2.22. The van der Waals surface area contributed by atoms with Crippen molar-refractivity contribution in [2.24, 2.45) is 5.73 Å². The molecule has 1 aromatic carbocycles. The fourth-order valence-electron chi connectivity index (χ4n) is 2.09. The molecule has 6 heteroatoms. The van der Waals surface area contributed by atoms with E-state index < -0.39 is 17.5 Å². The van der Waals surface area contributed by atoms with Crippen LogP contribution in [-0.4, -0.2) is 29.3 Å². The molecular weight excluding hydrogens is 246 g/mol. The van der Waals surface area contributed by atoms with Gasteiger partial charge in [-0.15, -0.1) is 0 Å². The van der Waals surface area contributed by atoms with Crippen molar-refractivity contribution in [1.82, 2.24) is 10.2 Å². The Morgan fingerprint density at radius 3 is 2.53 bits per heavy atom. The van der Waals surface area contributed by atoms with Gasteiger partial charge in [0, 0.05) is 13.0 Å². The summed E-state index contributed by atoms with van der Waals surface area (Å²) in [6, 6.07) is 8.47. The number of carbonyl (C=O) groups excluding carboxylic acids is 3. The Morgan fingerprint density at radius 1 is 1.32 bits per heavy atom. The normalized spacial score (nSPS) is 22.5. The Labute approximate surface area is 110 Å². The van der Waals surface area contributed by atoms with Crippen LogP contribution >= 0.6 is 0 Å². The number of amides is 4. The minimum atomic E-state index is -1.09. The number of imide groups is 1. The van der Waals surface area contributed by atoms with Crippen LogP contribution in [0, 0.1) is 0 Å². The Hall–Kier alpha value is -2.37. The Balaban J connectivity index is 2.24. The zero-order valence-corrected chi connectivity index (χ0v) is 10.6. The third-order valence-corrected chi connectivity index (χ3v) is 3.21. The molecule has 0 radical (unpaired) electrons. The van der Waals surface area contributed by atoms with Crippen molar-refractivity contribution in [2.75, 3.05) is 6.54 Å². The average Bonchev–Trinajstić information content (AvgIpc) is 2.60. The first-order chi connectivity index (χ1) is 8.95. The number of primary amides is 1. The van der Waals surface area contributed by atoms with Crippen LogP contribution in [0.3, 0.4) is 0 Å². The summed E-state index contributed by atoms with van der Waals surface area (Å²) in [5.41, 5.74) is 4.65. The summed E-state index contributed by atoms with van der Waals surface area (Å²) in [5.74, 6) is -0.918. The van der Waals surface area contributed by atoms with Gasteiger partial charge in [0.25, 0.3) is 5.91 Å². The smallest absolute Gasteiger partial charge is 0.325 e. The van der Waals surface area contributed by atoms with Crippen LogP contribution in [0.1, 0.15) is 18.9 Å². The number of hydrogen-bond acceptors (Lipinski definition) is 3. The molecule has 3 N–H and O–H groups in total. The number of rotatable bonds is 4. The van der Waals surface area contributed by atoms with E-state index in [0.717, 1.165) is 4.90 Å². The number of nitrogens with zero attached hydrogens (tertiary/aromatic N) is 1. The van der Waals surface area contributed by atoms with Crippen LogP contribution in [0.2, 0.25) is 0 Å². The van der Waals surface area contributed by atoms with E-state index in [1.165, 1.54) is 0 Å². The second-order valence-electron chi connectivity index (χ2n) is 4.59. The molecule has 100 valence electrons. The van der Waals surface area contributed by atoms with Crippen LogP contribution < -0.4 is 11.1 Å². The first kappa shape index (κ1) is 13.1. The maximum absolute atomic E-state index is 12.3. The highest BCUT2D eigenvalue weighted by Crippen LogP contribution is 2.28. The predicted octanol–water partition coefficient (Wildman–Crippen LogP) is 0.329. The minimum absolute atomic E-state index is 0.00240. The van der Waals surface area contributed by atoms with Crippen LogP contribution in [0.5, 0.6) is 0 Å². The van der Waals surface area contributed by atoms with Gasteiger partial charge in [-0.2, -0.15) is 0 Å². The van der Waals surface area contributed by atoms with Gasteiger partial charge in [0.1, 0.15) is 5.54 Å². The van der Waals surface area contributed by atoms with Crippen LogP contribution in [0.25, 0.3) is 0 Å². The van der Waals surface area contributed by atoms with Crippen molar-refractivity contribution in [3.05, 3.63) is 35.9 Å². The highest BCUT2D eigenvalue weighted by Gasteiger charge is 2.48. The van der Waals surface area contributed by atoms with Crippen molar-refractivity contribution < 1.29 is 14.4 Å². The molecule has 1 aliphatic heterocycles. The van der Waals surface area contributed by atoms with Crippen molar-refractivity contribution in [1.29, 1.82) is 0 Å². The van der Waals surface area contributed by atoms with Gasteiger partial charge in [0.05, 0.1) is 0 Å². The van der Waals surface area contributed by atoms with Gasteiger partial charge in [-0.1, -0.05) is 30.3 Å². The SMILES string of the molecule is C[C@@]1(c2ccccc2)NC(=O)N(CCC(N)=O)C1=O. The van der Waals surface area contributed by atoms with Crippen LogP contribution in [-0.2, 0) is 15.1 Å². The zero-order valence-electron chi connectivity index (χ0n) is 10.6. The molecule has 1 aromatic rings. The van der Waals surface area contributed by atoms with Gasteiger partial charge < -0.3 is 11.1 Å². The second-order valence-corrected chi connectivity index (χ2v) is 4.59. The largest absolute Gasteiger partial charge is 0.370 e. The molecule has 0 spiro atoms. The average molecular weight is 261 g/mol. The van der Waals surface area contributed by atoms with Gasteiger partial charge in [0.15, 0.2) is 0 Å². The lowest BCUT2D eigenvalue weighted by atomic mass is 9.92. The van der Waals surface area contributed by atoms with E-state index in [0.29, 0.717) is 5.56 Å². The molecule has 1 aliphatic rings. The molecular formula is C13H15N3O3. The molecule has 0 bridgehead atoms. The van der Waals surface area contributed by atoms with E-state index >= 15 is 0 Å². The maximum Gasteiger partial charge on any atom is 0.325 e. The highest BCUT2D eigenvalue weighted by atomic mass is 16.2. The molecule has 0 aliphatic carbocycles. The fourth-order valence-corrected chi connectivity index (χ4v) is 2.09. The third kappa shape index (κ3) is 2.29. The monoisotopic (exact) mass is 261 g/mol. The predicted molar refractivity (Wildman–Crippen MR) is 67.9 cm³/mol. The van der Waals surface area contributed by atoms with Crippen LogP contribution in [0.4, 0.5) is 4.79 Å². The number of nitrogens with two attached hydrogens (primary N) is 1. The summed E-state index contributed by atoms with van der Waals surface area (Å²) in [7, 11) is 0. The molecule has 6 nitrogen and oxygen atoms in total. The molecule has 1 fully saturated rings. The molecule has 1 atom stereocenters. The van der Waals surface area contributed by atoms with Crippen LogP contribution in [0.15, 0.2) is 30.3 Å². The van der Waals surface area contributed by atoms with Gasteiger partial charge in [-0.25, -0.2) is 4.79 Å². The first-order valence-electron chi connectivity index (χ1n) is 5.93. The van der Waals surface area contributed by atoms with E-state index in [1.54, 1.807) is 31.2 Å². The fraction of sp³-hybridized carbons (Fsp3) is 0.308. The number of carbonyl (C=O) groups is 3. The molecule has 1 saturated heterocycles. The standard InChI is InChI=1S/C13H15N3O3/c1-13(9-5-3-2-4-6-9)11(18)16(12(19)15-13)8-7-10(14)17/h2-6H,7-8H2,1H3,(H2,14,17)(H,15,19)/t13-/m0/s1. The summed E-state index contributed by atoms with van der Waals surface area (Å²) in [6.07, 6.45) is -0.0377. The number of nitrogens with one attached hydrogen (secondary N) is 1. The van der Waals surface area contributed by atoms with Gasteiger partial charge in [-0.3, -0.25) is 14.5 Å². The summed E-state index contributed by atoms with van der Waals surface area (Å²) >= 11 is 0. The van der Waals surface area contributed by atoms with Crippen molar-refractivity contribution >= 4 is 17.8 Å². The van der Waals surface area contributed by atoms with Crippen molar-refractivity contribution in [3.63, 3.8) is 0 Å². The Bertz CT molecular complexity index is 529. The summed E-state index contributed by atoms with van der Waals surface area (Å²) < 4.78 is 0. The lowest BCUT2D eigenvalue weighted by molar-refractivity contribution is -0.131. The van der Waals surface area contributed by atoms with E-state index in [1.807, 2.05) is 6.07 Å². The number of benzene rings is 1. The second kappa shape index (κ2) is 4.72. The van der Waals surface area contributed by atoms with Gasteiger partial charge in [-0.05, 0) is 12.5 Å². The maximum atomic E-state index is 12.3. The van der Waals surface area contributed by atoms with Crippen molar-refractivity contribution in [2.45, 2.75) is 18.9 Å². The Morgan fingerprint density at radius 2 is 1.95 bits per heavy atom. The quantitative estimate of drug-likeness (QED) is 0.765. The molecule has 4 amide bonds. The van der Waals surface area contributed by atoms with E-state index in [9.17, 15) is 14.4 Å². The lowest BCUT2D eigenvalue weighted by Crippen LogP contribution is -2.41. The van der Waals surface area contributed by atoms with E-state index in [-0.39, 0.29) is 18.9 Å². The molecule has 0 unspecified atom stereocenters. The topological polar surface area (TPSA) is 92.5 Å². The molecule has 2 rings (SSSR count). The summed E-state index contributed by atoms with van der Waals surface area (Å²) in [4.78, 5) is 35.9. The molecule has 0 aromatic heterocycles. The van der Waals surface area contributed by atoms with Crippen molar-refractivity contribution in [3.8, 4) is 0 Å². The highest BCUT2D eigenvalue weighted by molar-refractivity contribution is 6.07. The van der Waals surface area contributed by atoms with Gasteiger partial charge >= 0.3 is 6.03 Å². The third-order valence-electron chi connectivity index (χ3n) is 3.21. The molecule has 19 heavy (non-hydrogen) atoms. The number of hydrogen-bond donors (Lipinski definition) is 2. The van der Waals surface area contributed by atoms with E-state index in [4.69, 9.17) is 5.73 Å². The summed E-state index contributed by atoms with van der Waals surface area (Å²) in [5, 5.41) is 2.66. The molecule has 0 saturated carbocycles. The summed E-state index contributed by atoms with van der Waals surface area (Å²) in [6.45, 7) is 1.65. The number of urea groups is 1.